The number of pyridine rings is 1. The third-order valence-corrected chi connectivity index (χ3v) is 7.03. The average molecular weight is 444 g/mol. The van der Waals surface area contributed by atoms with Crippen molar-refractivity contribution in [1.29, 1.82) is 0 Å². The van der Waals surface area contributed by atoms with Gasteiger partial charge in [-0.1, -0.05) is 60.7 Å². The molecule has 1 aromatic heterocycles. The summed E-state index contributed by atoms with van der Waals surface area (Å²) in [6.07, 6.45) is 2.42. The number of nitrogens with one attached hydrogen (secondary N) is 2. The molecule has 2 atom stereocenters. The summed E-state index contributed by atoms with van der Waals surface area (Å²) < 4.78 is 28.9. The van der Waals surface area contributed by atoms with Gasteiger partial charge < -0.3 is 5.32 Å². The van der Waals surface area contributed by atoms with Gasteiger partial charge in [0.1, 0.15) is 4.90 Å². The smallest absolute Gasteiger partial charge is 0.264 e. The van der Waals surface area contributed by atoms with E-state index in [1.165, 1.54) is 11.6 Å². The summed E-state index contributed by atoms with van der Waals surface area (Å²) >= 11 is 0. The van der Waals surface area contributed by atoms with E-state index < -0.39 is 10.0 Å². The number of sulfonamides is 1. The first-order chi connectivity index (χ1) is 15.5. The first-order valence-corrected chi connectivity index (χ1v) is 11.8. The van der Waals surface area contributed by atoms with Crippen LogP contribution in [0.25, 0.3) is 10.9 Å². The van der Waals surface area contributed by atoms with Gasteiger partial charge in [-0.15, -0.1) is 0 Å². The molecule has 32 heavy (non-hydrogen) atoms. The van der Waals surface area contributed by atoms with Crippen molar-refractivity contribution in [3.63, 3.8) is 0 Å². The van der Waals surface area contributed by atoms with Crippen molar-refractivity contribution in [3.8, 4) is 0 Å². The lowest BCUT2D eigenvalue weighted by Gasteiger charge is -2.14. The van der Waals surface area contributed by atoms with Crippen LogP contribution in [0.4, 0.5) is 5.69 Å². The molecule has 3 aromatic carbocycles. The van der Waals surface area contributed by atoms with Crippen LogP contribution in [0.1, 0.15) is 28.3 Å². The Morgan fingerprint density at radius 2 is 1.62 bits per heavy atom. The standard InChI is InChI=1S/C25H21N3O3S/c29-25(27-22-16-20(22)17-8-2-1-3-9-17)19-12-4-5-13-21(19)28-32(30,31)23-14-6-10-18-11-7-15-26-24(18)23/h1-15,20,22,28H,16H2,(H,27,29)/t20-,22+/m0/s1. The molecular weight excluding hydrogens is 422 g/mol. The maximum absolute atomic E-state index is 13.2. The zero-order chi connectivity index (χ0) is 22.1. The molecule has 0 spiro atoms. The van der Waals surface area contributed by atoms with Crippen LogP contribution >= 0.6 is 0 Å². The number of carbonyl (C=O) groups excluding carboxylic acids is 1. The number of para-hydroxylation sites is 2. The van der Waals surface area contributed by atoms with Gasteiger partial charge in [-0.3, -0.25) is 14.5 Å². The van der Waals surface area contributed by atoms with Crippen LogP contribution in [0.5, 0.6) is 0 Å². The van der Waals surface area contributed by atoms with E-state index in [2.05, 4.69) is 27.2 Å². The highest BCUT2D eigenvalue weighted by molar-refractivity contribution is 7.93. The van der Waals surface area contributed by atoms with Gasteiger partial charge in [-0.25, -0.2) is 8.42 Å². The summed E-state index contributed by atoms with van der Waals surface area (Å²) in [5.41, 5.74) is 2.08. The Hall–Kier alpha value is -3.71. The van der Waals surface area contributed by atoms with E-state index in [0.717, 1.165) is 11.8 Å². The second-order valence-corrected chi connectivity index (χ2v) is 9.47. The van der Waals surface area contributed by atoms with Crippen LogP contribution in [0, 0.1) is 0 Å². The maximum Gasteiger partial charge on any atom is 0.264 e. The van der Waals surface area contributed by atoms with Crippen LogP contribution in [0.3, 0.4) is 0 Å². The number of anilines is 1. The third kappa shape index (κ3) is 3.94. The lowest BCUT2D eigenvalue weighted by atomic mass is 10.1. The number of fused-ring (bicyclic) bond motifs is 1. The summed E-state index contributed by atoms with van der Waals surface area (Å²) in [5.74, 6) is -0.0199. The topological polar surface area (TPSA) is 88.2 Å². The minimum Gasteiger partial charge on any atom is -0.349 e. The fraction of sp³-hybridized carbons (Fsp3) is 0.120. The fourth-order valence-corrected chi connectivity index (χ4v) is 5.19. The molecule has 160 valence electrons. The summed E-state index contributed by atoms with van der Waals surface area (Å²) in [7, 11) is -3.96. The quantitative estimate of drug-likeness (QED) is 0.465. The Labute approximate surface area is 186 Å². The molecule has 1 aliphatic carbocycles. The molecule has 0 saturated heterocycles. The van der Waals surface area contributed by atoms with Gasteiger partial charge in [0.15, 0.2) is 0 Å². The van der Waals surface area contributed by atoms with Gasteiger partial charge in [0.25, 0.3) is 15.9 Å². The number of rotatable bonds is 6. The Kier molecular flexibility index (Phi) is 5.11. The van der Waals surface area contributed by atoms with Gasteiger partial charge in [-0.05, 0) is 36.2 Å². The highest BCUT2D eigenvalue weighted by atomic mass is 32.2. The number of carbonyl (C=O) groups is 1. The average Bonchev–Trinajstić information content (AvgIpc) is 3.58. The molecule has 1 fully saturated rings. The number of nitrogens with zero attached hydrogens (tertiary/aromatic N) is 1. The van der Waals surface area contributed by atoms with Crippen LogP contribution in [-0.4, -0.2) is 25.4 Å². The van der Waals surface area contributed by atoms with Crippen molar-refractivity contribution < 1.29 is 13.2 Å². The lowest BCUT2D eigenvalue weighted by molar-refractivity contribution is 0.0951. The molecule has 4 aromatic rings. The molecule has 0 aliphatic heterocycles. The van der Waals surface area contributed by atoms with E-state index in [-0.39, 0.29) is 34.0 Å². The van der Waals surface area contributed by atoms with E-state index in [1.807, 2.05) is 30.3 Å². The van der Waals surface area contributed by atoms with E-state index >= 15 is 0 Å². The SMILES string of the molecule is O=C(N[C@@H]1C[C@H]1c1ccccc1)c1ccccc1NS(=O)(=O)c1cccc2cccnc12. The Bertz CT molecular complexity index is 1400. The molecule has 6 nitrogen and oxygen atoms in total. The zero-order valence-corrected chi connectivity index (χ0v) is 17.9. The zero-order valence-electron chi connectivity index (χ0n) is 17.1. The molecule has 1 heterocycles. The van der Waals surface area contributed by atoms with Crippen molar-refractivity contribution in [2.24, 2.45) is 0 Å². The van der Waals surface area contributed by atoms with Crippen molar-refractivity contribution in [2.75, 3.05) is 4.72 Å². The molecule has 1 aliphatic rings. The molecule has 0 unspecified atom stereocenters. The lowest BCUT2D eigenvalue weighted by Crippen LogP contribution is -2.28. The molecule has 1 amide bonds. The summed E-state index contributed by atoms with van der Waals surface area (Å²) in [4.78, 5) is 17.3. The van der Waals surface area contributed by atoms with Gasteiger partial charge in [-0.2, -0.15) is 0 Å². The van der Waals surface area contributed by atoms with Crippen molar-refractivity contribution in [2.45, 2.75) is 23.3 Å². The van der Waals surface area contributed by atoms with Crippen molar-refractivity contribution in [3.05, 3.63) is 102 Å². The van der Waals surface area contributed by atoms with E-state index in [4.69, 9.17) is 0 Å². The number of hydrogen-bond donors (Lipinski definition) is 2. The van der Waals surface area contributed by atoms with E-state index in [1.54, 1.807) is 42.6 Å². The largest absolute Gasteiger partial charge is 0.349 e. The second-order valence-electron chi connectivity index (χ2n) is 7.82. The van der Waals surface area contributed by atoms with Crippen LogP contribution in [0.2, 0.25) is 0 Å². The predicted octanol–water partition coefficient (Wildman–Crippen LogP) is 4.32. The summed E-state index contributed by atoms with van der Waals surface area (Å²) in [6, 6.07) is 25.3. The molecule has 0 radical (unpaired) electrons. The number of aromatic nitrogens is 1. The minimum atomic E-state index is -3.96. The first kappa shape index (κ1) is 20.2. The van der Waals surface area contributed by atoms with Crippen molar-refractivity contribution >= 4 is 32.5 Å². The first-order valence-electron chi connectivity index (χ1n) is 10.3. The van der Waals surface area contributed by atoms with Crippen LogP contribution in [-0.2, 0) is 10.0 Å². The maximum atomic E-state index is 13.2. The summed E-state index contributed by atoms with van der Waals surface area (Å²) in [6.45, 7) is 0. The predicted molar refractivity (Wildman–Crippen MR) is 124 cm³/mol. The molecule has 5 rings (SSSR count). The van der Waals surface area contributed by atoms with Crippen LogP contribution in [0.15, 0.2) is 96.0 Å². The minimum absolute atomic E-state index is 0.0387. The number of amides is 1. The van der Waals surface area contributed by atoms with E-state index in [0.29, 0.717) is 5.52 Å². The Morgan fingerprint density at radius 1 is 0.875 bits per heavy atom. The van der Waals surface area contributed by atoms with Gasteiger partial charge in [0.2, 0.25) is 0 Å². The number of hydrogen-bond acceptors (Lipinski definition) is 4. The van der Waals surface area contributed by atoms with Gasteiger partial charge >= 0.3 is 0 Å². The molecule has 0 bridgehead atoms. The molecule has 1 saturated carbocycles. The molecular formula is C25H21N3O3S. The van der Waals surface area contributed by atoms with Crippen LogP contribution < -0.4 is 10.0 Å². The Morgan fingerprint density at radius 3 is 2.47 bits per heavy atom. The van der Waals surface area contributed by atoms with E-state index in [9.17, 15) is 13.2 Å². The normalized spacial score (nSPS) is 17.6. The molecule has 7 heteroatoms. The summed E-state index contributed by atoms with van der Waals surface area (Å²) in [5, 5.41) is 3.75. The fourth-order valence-electron chi connectivity index (χ4n) is 3.93. The Balaban J connectivity index is 1.38. The molecule has 2 N–H and O–H groups in total. The van der Waals surface area contributed by atoms with Crippen molar-refractivity contribution in [1.82, 2.24) is 10.3 Å². The highest BCUT2D eigenvalue weighted by Gasteiger charge is 2.39. The highest BCUT2D eigenvalue weighted by Crippen LogP contribution is 2.41. The monoisotopic (exact) mass is 443 g/mol. The number of benzene rings is 3. The third-order valence-electron chi connectivity index (χ3n) is 5.64. The van der Waals surface area contributed by atoms with Gasteiger partial charge in [0, 0.05) is 23.5 Å². The second kappa shape index (κ2) is 8.09. The van der Waals surface area contributed by atoms with Gasteiger partial charge in [0.05, 0.1) is 16.8 Å².